The zero-order valence-electron chi connectivity index (χ0n) is 17.9. The molecule has 0 aliphatic rings. The Morgan fingerprint density at radius 2 is 1.70 bits per heavy atom. The van der Waals surface area contributed by atoms with Gasteiger partial charge in [-0.1, -0.05) is 53.7 Å². The van der Waals surface area contributed by atoms with Gasteiger partial charge in [-0.05, 0) is 36.8 Å². The van der Waals surface area contributed by atoms with Crippen molar-refractivity contribution in [2.75, 3.05) is 17.1 Å². The molecule has 0 unspecified atom stereocenters. The molecule has 8 nitrogen and oxygen atoms in total. The van der Waals surface area contributed by atoms with E-state index in [-0.39, 0.29) is 10.7 Å². The molecule has 0 radical (unpaired) electrons. The number of para-hydroxylation sites is 2. The summed E-state index contributed by atoms with van der Waals surface area (Å²) < 4.78 is 39.0. The molecule has 0 bridgehead atoms. The van der Waals surface area contributed by atoms with Crippen molar-refractivity contribution in [3.63, 3.8) is 0 Å². The second kappa shape index (κ2) is 9.17. The first-order valence-corrected chi connectivity index (χ1v) is 11.5. The van der Waals surface area contributed by atoms with E-state index in [0.29, 0.717) is 28.4 Å². The van der Waals surface area contributed by atoms with E-state index in [4.69, 9.17) is 9.26 Å². The van der Waals surface area contributed by atoms with Gasteiger partial charge in [0.25, 0.3) is 15.9 Å². The number of ether oxygens (including phenoxy) is 1. The number of rotatable bonds is 7. The number of methoxy groups -OCH3 is 1. The third-order valence-corrected chi connectivity index (χ3v) is 6.40. The van der Waals surface area contributed by atoms with Gasteiger partial charge in [0.2, 0.25) is 5.76 Å². The molecule has 4 rings (SSSR count). The van der Waals surface area contributed by atoms with Crippen LogP contribution in [-0.4, -0.2) is 26.6 Å². The minimum atomic E-state index is -3.95. The molecule has 3 aromatic carbocycles. The Morgan fingerprint density at radius 1 is 0.970 bits per heavy atom. The Hall–Kier alpha value is -4.11. The van der Waals surface area contributed by atoms with Crippen LogP contribution in [-0.2, 0) is 10.0 Å². The summed E-state index contributed by atoms with van der Waals surface area (Å²) in [6, 6.07) is 22.1. The summed E-state index contributed by atoms with van der Waals surface area (Å²) in [7, 11) is -2.49. The number of hydrogen-bond donors (Lipinski definition) is 2. The predicted molar refractivity (Wildman–Crippen MR) is 125 cm³/mol. The van der Waals surface area contributed by atoms with Crippen LogP contribution in [0.5, 0.6) is 5.75 Å². The van der Waals surface area contributed by atoms with Crippen LogP contribution >= 0.6 is 0 Å². The molecule has 0 atom stereocenters. The van der Waals surface area contributed by atoms with Gasteiger partial charge in [0.15, 0.2) is 0 Å². The van der Waals surface area contributed by atoms with Gasteiger partial charge in [0.05, 0.1) is 17.7 Å². The standard InChI is InChI=1S/C24H21N3O5S/c1-16-12-13-18(14-23(16)33(29,30)27-19-10-6-7-11-21(19)31-2)25-24(28)22-15-20(26-32-22)17-8-4-3-5-9-17/h3-15,27H,1-2H3,(H,25,28). The smallest absolute Gasteiger partial charge is 0.294 e. The van der Waals surface area contributed by atoms with E-state index >= 15 is 0 Å². The zero-order chi connectivity index (χ0) is 23.4. The maximum absolute atomic E-state index is 13.1. The van der Waals surface area contributed by atoms with Crippen molar-refractivity contribution in [2.24, 2.45) is 0 Å². The molecule has 0 aliphatic carbocycles. The molecule has 0 saturated heterocycles. The third kappa shape index (κ3) is 4.88. The number of benzene rings is 3. The van der Waals surface area contributed by atoms with Crippen molar-refractivity contribution in [1.29, 1.82) is 0 Å². The molecule has 1 aromatic heterocycles. The molecule has 9 heteroatoms. The Bertz CT molecular complexity index is 1400. The summed E-state index contributed by atoms with van der Waals surface area (Å²) in [5.41, 5.74) is 2.45. The van der Waals surface area contributed by atoms with Crippen LogP contribution in [0, 0.1) is 6.92 Å². The van der Waals surface area contributed by atoms with E-state index in [1.807, 2.05) is 30.3 Å². The lowest BCUT2D eigenvalue weighted by atomic mass is 10.1. The van der Waals surface area contributed by atoms with E-state index in [9.17, 15) is 13.2 Å². The molecule has 168 valence electrons. The number of nitrogens with zero attached hydrogens (tertiary/aromatic N) is 1. The van der Waals surface area contributed by atoms with Gasteiger partial charge in [-0.15, -0.1) is 0 Å². The van der Waals surface area contributed by atoms with Crippen LogP contribution in [0.3, 0.4) is 0 Å². The first-order chi connectivity index (χ1) is 15.9. The molecule has 0 saturated carbocycles. The van der Waals surface area contributed by atoms with Gasteiger partial charge >= 0.3 is 0 Å². The van der Waals surface area contributed by atoms with Crippen LogP contribution in [0.1, 0.15) is 16.1 Å². The van der Waals surface area contributed by atoms with Gasteiger partial charge in [-0.3, -0.25) is 9.52 Å². The monoisotopic (exact) mass is 463 g/mol. The van der Waals surface area contributed by atoms with Gasteiger partial charge < -0.3 is 14.6 Å². The maximum atomic E-state index is 13.1. The van der Waals surface area contributed by atoms with Crippen molar-refractivity contribution in [3.8, 4) is 17.0 Å². The minimum absolute atomic E-state index is 0.00554. The highest BCUT2D eigenvalue weighted by Crippen LogP contribution is 2.28. The normalized spacial score (nSPS) is 11.1. The summed E-state index contributed by atoms with van der Waals surface area (Å²) >= 11 is 0. The summed E-state index contributed by atoms with van der Waals surface area (Å²) in [6.07, 6.45) is 0. The number of carbonyl (C=O) groups is 1. The Labute approximate surface area is 191 Å². The van der Waals surface area contributed by atoms with Crippen LogP contribution in [0.4, 0.5) is 11.4 Å². The highest BCUT2D eigenvalue weighted by atomic mass is 32.2. The fourth-order valence-corrected chi connectivity index (χ4v) is 4.56. The van der Waals surface area contributed by atoms with Gasteiger partial charge in [0.1, 0.15) is 11.4 Å². The number of nitrogens with one attached hydrogen (secondary N) is 2. The number of sulfonamides is 1. The third-order valence-electron chi connectivity index (χ3n) is 4.89. The average Bonchev–Trinajstić information content (AvgIpc) is 3.31. The maximum Gasteiger partial charge on any atom is 0.294 e. The van der Waals surface area contributed by atoms with E-state index in [1.54, 1.807) is 43.3 Å². The van der Waals surface area contributed by atoms with Crippen LogP contribution in [0.25, 0.3) is 11.3 Å². The van der Waals surface area contributed by atoms with Crippen molar-refractivity contribution >= 4 is 27.3 Å². The Morgan fingerprint density at radius 3 is 2.45 bits per heavy atom. The van der Waals surface area contributed by atoms with E-state index < -0.39 is 15.9 Å². The Kier molecular flexibility index (Phi) is 6.14. The van der Waals surface area contributed by atoms with Crippen molar-refractivity contribution in [1.82, 2.24) is 5.16 Å². The van der Waals surface area contributed by atoms with Crippen molar-refractivity contribution < 1.29 is 22.5 Å². The fraction of sp³-hybridized carbons (Fsp3) is 0.0833. The fourth-order valence-electron chi connectivity index (χ4n) is 3.22. The largest absolute Gasteiger partial charge is 0.495 e. The van der Waals surface area contributed by atoms with Crippen LogP contribution in [0.2, 0.25) is 0 Å². The molecule has 2 N–H and O–H groups in total. The summed E-state index contributed by atoms with van der Waals surface area (Å²) in [4.78, 5) is 12.7. The van der Waals surface area contributed by atoms with Crippen molar-refractivity contribution in [3.05, 3.63) is 90.2 Å². The number of hydrogen-bond acceptors (Lipinski definition) is 6. The molecular formula is C24H21N3O5S. The number of aryl methyl sites for hydroxylation is 1. The lowest BCUT2D eigenvalue weighted by Gasteiger charge is -2.14. The topological polar surface area (TPSA) is 111 Å². The molecule has 0 spiro atoms. The predicted octanol–water partition coefficient (Wildman–Crippen LogP) is 4.71. The number of carbonyl (C=O) groups excluding carboxylic acids is 1. The number of aromatic nitrogens is 1. The molecular weight excluding hydrogens is 442 g/mol. The van der Waals surface area contributed by atoms with E-state index in [1.165, 1.54) is 19.2 Å². The zero-order valence-corrected chi connectivity index (χ0v) is 18.7. The van der Waals surface area contributed by atoms with E-state index in [2.05, 4.69) is 15.2 Å². The first kappa shape index (κ1) is 22.1. The number of anilines is 2. The molecule has 0 aliphatic heterocycles. The number of amides is 1. The second-order valence-electron chi connectivity index (χ2n) is 7.18. The molecule has 1 amide bonds. The van der Waals surface area contributed by atoms with Crippen molar-refractivity contribution in [2.45, 2.75) is 11.8 Å². The minimum Gasteiger partial charge on any atom is -0.495 e. The highest BCUT2D eigenvalue weighted by Gasteiger charge is 2.21. The molecule has 33 heavy (non-hydrogen) atoms. The van der Waals surface area contributed by atoms with E-state index in [0.717, 1.165) is 5.56 Å². The molecule has 1 heterocycles. The summed E-state index contributed by atoms with van der Waals surface area (Å²) in [5.74, 6) is -0.150. The SMILES string of the molecule is COc1ccccc1NS(=O)(=O)c1cc(NC(=O)c2cc(-c3ccccc3)no2)ccc1C. The Balaban J connectivity index is 1.56. The quantitative estimate of drug-likeness (QED) is 0.411. The lowest BCUT2D eigenvalue weighted by Crippen LogP contribution is -2.16. The molecule has 0 fully saturated rings. The average molecular weight is 464 g/mol. The van der Waals surface area contributed by atoms with Gasteiger partial charge in [0, 0.05) is 17.3 Å². The highest BCUT2D eigenvalue weighted by molar-refractivity contribution is 7.92. The lowest BCUT2D eigenvalue weighted by molar-refractivity contribution is 0.0988. The molecule has 4 aromatic rings. The van der Waals surface area contributed by atoms with Gasteiger partial charge in [-0.25, -0.2) is 8.42 Å². The van der Waals surface area contributed by atoms with Gasteiger partial charge in [-0.2, -0.15) is 0 Å². The van der Waals surface area contributed by atoms with Crippen LogP contribution in [0.15, 0.2) is 88.3 Å². The summed E-state index contributed by atoms with van der Waals surface area (Å²) in [5, 5.41) is 6.59. The first-order valence-electron chi connectivity index (χ1n) is 9.97. The summed E-state index contributed by atoms with van der Waals surface area (Å²) in [6.45, 7) is 1.67. The van der Waals surface area contributed by atoms with Crippen LogP contribution < -0.4 is 14.8 Å². The second-order valence-corrected chi connectivity index (χ2v) is 8.83.